The van der Waals surface area contributed by atoms with Gasteiger partial charge in [-0.15, -0.1) is 0 Å². The Kier molecular flexibility index (Phi) is 5.44. The summed E-state index contributed by atoms with van der Waals surface area (Å²) in [7, 11) is 0. The fraction of sp³-hybridized carbons (Fsp3) is 0.0638. The fourth-order valence-corrected chi connectivity index (χ4v) is 8.68. The van der Waals surface area contributed by atoms with Gasteiger partial charge in [-0.25, -0.2) is 0 Å². The van der Waals surface area contributed by atoms with Crippen LogP contribution in [0.15, 0.2) is 158 Å². The molecule has 0 aliphatic heterocycles. The summed E-state index contributed by atoms with van der Waals surface area (Å²) in [5.74, 6) is 0. The highest BCUT2D eigenvalue weighted by atomic mass is 14.4. The molecule has 0 saturated carbocycles. The van der Waals surface area contributed by atoms with E-state index in [1.807, 2.05) is 0 Å². The van der Waals surface area contributed by atoms with Gasteiger partial charge in [-0.3, -0.25) is 0 Å². The normalized spacial score (nSPS) is 13.5. The zero-order chi connectivity index (χ0) is 31.3. The Morgan fingerprint density at radius 1 is 0.340 bits per heavy atom. The Morgan fingerprint density at radius 2 is 0.787 bits per heavy atom. The van der Waals surface area contributed by atoms with Crippen molar-refractivity contribution < 1.29 is 0 Å². The standard InChI is InChI=1S/C47H32/c1-47(2)43-26-24-33(28-42(43)40-25-23-30-12-4-6-14-35(30)46(40)47)45-38-17-9-7-15-36(38)44(37-16-8-10-18-39(37)45)32-22-21-31-20-19-29-11-3-5-13-34(29)41(31)27-32/h3-28H,1-2H3. The molecule has 0 saturated heterocycles. The molecule has 0 N–H and O–H groups in total. The van der Waals surface area contributed by atoms with Crippen LogP contribution in [0, 0.1) is 0 Å². The highest BCUT2D eigenvalue weighted by Gasteiger charge is 2.37. The van der Waals surface area contributed by atoms with Crippen molar-refractivity contribution in [2.45, 2.75) is 19.3 Å². The first kappa shape index (κ1) is 26.5. The average Bonchev–Trinajstić information content (AvgIpc) is 3.36. The van der Waals surface area contributed by atoms with Gasteiger partial charge in [0.05, 0.1) is 0 Å². The predicted octanol–water partition coefficient (Wildman–Crippen LogP) is 13.1. The molecule has 0 atom stereocenters. The third-order valence-corrected chi connectivity index (χ3v) is 10.8. The van der Waals surface area contributed by atoms with E-state index in [-0.39, 0.29) is 5.41 Å². The second-order valence-corrected chi connectivity index (χ2v) is 13.7. The van der Waals surface area contributed by atoms with E-state index in [2.05, 4.69) is 172 Å². The summed E-state index contributed by atoms with van der Waals surface area (Å²) >= 11 is 0. The van der Waals surface area contributed by atoms with E-state index in [1.54, 1.807) is 0 Å². The topological polar surface area (TPSA) is 0 Å². The molecule has 9 aromatic rings. The number of benzene rings is 9. The molecule has 0 amide bonds. The van der Waals surface area contributed by atoms with Crippen molar-refractivity contribution in [3.05, 3.63) is 169 Å². The lowest BCUT2D eigenvalue weighted by atomic mass is 9.80. The van der Waals surface area contributed by atoms with Gasteiger partial charge in [-0.05, 0) is 111 Å². The molecule has 0 fully saturated rings. The molecular weight excluding hydrogens is 565 g/mol. The van der Waals surface area contributed by atoms with Gasteiger partial charge in [0.15, 0.2) is 0 Å². The van der Waals surface area contributed by atoms with Crippen LogP contribution in [0.3, 0.4) is 0 Å². The van der Waals surface area contributed by atoms with E-state index >= 15 is 0 Å². The van der Waals surface area contributed by atoms with E-state index in [0.29, 0.717) is 0 Å². The van der Waals surface area contributed by atoms with Gasteiger partial charge in [-0.2, -0.15) is 0 Å². The minimum Gasteiger partial charge on any atom is -0.0616 e. The van der Waals surface area contributed by atoms with E-state index in [1.165, 1.54) is 98.4 Å². The number of hydrogen-bond acceptors (Lipinski definition) is 0. The smallest absolute Gasteiger partial charge is 0.0165 e. The quantitative estimate of drug-likeness (QED) is 0.138. The summed E-state index contributed by atoms with van der Waals surface area (Å²) < 4.78 is 0. The second kappa shape index (κ2) is 9.64. The zero-order valence-corrected chi connectivity index (χ0v) is 26.5. The predicted molar refractivity (Wildman–Crippen MR) is 202 cm³/mol. The van der Waals surface area contributed by atoms with Crippen LogP contribution in [0.25, 0.3) is 87.2 Å². The van der Waals surface area contributed by atoms with Crippen LogP contribution in [0.5, 0.6) is 0 Å². The van der Waals surface area contributed by atoms with E-state index in [4.69, 9.17) is 0 Å². The summed E-state index contributed by atoms with van der Waals surface area (Å²) in [5.41, 5.74) is 10.6. The van der Waals surface area contributed by atoms with E-state index in [0.717, 1.165) is 0 Å². The Bertz CT molecular complexity index is 2700. The number of rotatable bonds is 2. The molecule has 0 bridgehead atoms. The number of fused-ring (bicyclic) bond motifs is 10. The lowest BCUT2D eigenvalue weighted by Gasteiger charge is -2.23. The first-order valence-corrected chi connectivity index (χ1v) is 16.6. The van der Waals surface area contributed by atoms with E-state index in [9.17, 15) is 0 Å². The van der Waals surface area contributed by atoms with Crippen molar-refractivity contribution in [2.24, 2.45) is 0 Å². The maximum absolute atomic E-state index is 2.47. The summed E-state index contributed by atoms with van der Waals surface area (Å²) in [6.07, 6.45) is 0. The van der Waals surface area contributed by atoms with Crippen molar-refractivity contribution in [3.63, 3.8) is 0 Å². The molecule has 47 heavy (non-hydrogen) atoms. The Morgan fingerprint density at radius 3 is 1.43 bits per heavy atom. The van der Waals surface area contributed by atoms with Crippen LogP contribution < -0.4 is 0 Å². The molecule has 0 spiro atoms. The fourth-order valence-electron chi connectivity index (χ4n) is 8.68. The van der Waals surface area contributed by atoms with Crippen molar-refractivity contribution in [1.29, 1.82) is 0 Å². The maximum Gasteiger partial charge on any atom is 0.0165 e. The van der Waals surface area contributed by atoms with Crippen LogP contribution in [0.4, 0.5) is 0 Å². The molecule has 0 nitrogen and oxygen atoms in total. The van der Waals surface area contributed by atoms with Gasteiger partial charge >= 0.3 is 0 Å². The van der Waals surface area contributed by atoms with Crippen LogP contribution in [-0.2, 0) is 5.41 Å². The highest BCUT2D eigenvalue weighted by Crippen LogP contribution is 2.53. The first-order chi connectivity index (χ1) is 23.1. The summed E-state index contributed by atoms with van der Waals surface area (Å²) in [6, 6.07) is 58.9. The first-order valence-electron chi connectivity index (χ1n) is 16.6. The molecule has 0 heteroatoms. The summed E-state index contributed by atoms with van der Waals surface area (Å²) in [5, 5.41) is 12.9. The van der Waals surface area contributed by atoms with Gasteiger partial charge in [0.25, 0.3) is 0 Å². The lowest BCUT2D eigenvalue weighted by Crippen LogP contribution is -2.15. The molecule has 0 aromatic heterocycles. The Hall–Kier alpha value is -5.72. The van der Waals surface area contributed by atoms with Gasteiger partial charge in [-0.1, -0.05) is 159 Å². The van der Waals surface area contributed by atoms with E-state index < -0.39 is 0 Å². The number of hydrogen-bond donors (Lipinski definition) is 0. The van der Waals surface area contributed by atoms with Crippen molar-refractivity contribution in [3.8, 4) is 33.4 Å². The van der Waals surface area contributed by atoms with Crippen molar-refractivity contribution in [1.82, 2.24) is 0 Å². The van der Waals surface area contributed by atoms with Crippen LogP contribution >= 0.6 is 0 Å². The summed E-state index contributed by atoms with van der Waals surface area (Å²) in [6.45, 7) is 4.77. The molecule has 9 aromatic carbocycles. The largest absolute Gasteiger partial charge is 0.0616 e. The Balaban J connectivity index is 1.25. The molecule has 1 aliphatic rings. The molecule has 1 aliphatic carbocycles. The van der Waals surface area contributed by atoms with Gasteiger partial charge in [0, 0.05) is 5.41 Å². The second-order valence-electron chi connectivity index (χ2n) is 13.7. The van der Waals surface area contributed by atoms with Gasteiger partial charge < -0.3 is 0 Å². The van der Waals surface area contributed by atoms with Crippen LogP contribution in [0.2, 0.25) is 0 Å². The maximum atomic E-state index is 2.47. The molecule has 10 rings (SSSR count). The monoisotopic (exact) mass is 596 g/mol. The molecule has 0 unspecified atom stereocenters. The van der Waals surface area contributed by atoms with Gasteiger partial charge in [0.1, 0.15) is 0 Å². The van der Waals surface area contributed by atoms with Crippen molar-refractivity contribution >= 4 is 53.9 Å². The Labute approximate surface area is 274 Å². The lowest BCUT2D eigenvalue weighted by molar-refractivity contribution is 0.666. The molecule has 220 valence electrons. The minimum absolute atomic E-state index is 0.0711. The minimum atomic E-state index is -0.0711. The van der Waals surface area contributed by atoms with Crippen LogP contribution in [-0.4, -0.2) is 0 Å². The average molecular weight is 597 g/mol. The molecule has 0 radical (unpaired) electrons. The van der Waals surface area contributed by atoms with Crippen LogP contribution in [0.1, 0.15) is 25.0 Å². The SMILES string of the molecule is CC1(C)c2ccc(-c3c4ccccc4c(-c4ccc5ccc6ccccc6c5c4)c4ccccc34)cc2-c2ccc3ccccc3c21. The third kappa shape index (κ3) is 3.70. The highest BCUT2D eigenvalue weighted by molar-refractivity contribution is 6.22. The summed E-state index contributed by atoms with van der Waals surface area (Å²) in [4.78, 5) is 0. The van der Waals surface area contributed by atoms with Gasteiger partial charge in [0.2, 0.25) is 0 Å². The zero-order valence-electron chi connectivity index (χ0n) is 26.5. The third-order valence-electron chi connectivity index (χ3n) is 10.8. The molecular formula is C47H32. The van der Waals surface area contributed by atoms with Crippen molar-refractivity contribution in [2.75, 3.05) is 0 Å². The molecule has 0 heterocycles.